The average molecular weight is 376 g/mol. The SMILES string of the molecule is CC(C)OB(OC(C)C)c1c([N+](=O)[O-])cc(N)c2c(N)cc([N+](=O)[O-])cc12. The summed E-state index contributed by atoms with van der Waals surface area (Å²) in [6, 6.07) is 3.53. The normalized spacial score (nSPS) is 11.3. The maximum atomic E-state index is 11.7. The second-order valence-corrected chi connectivity index (χ2v) is 6.57. The highest BCUT2D eigenvalue weighted by Gasteiger charge is 2.36. The van der Waals surface area contributed by atoms with Crippen molar-refractivity contribution in [2.24, 2.45) is 0 Å². The van der Waals surface area contributed by atoms with E-state index >= 15 is 0 Å². The first-order chi connectivity index (χ1) is 12.5. The summed E-state index contributed by atoms with van der Waals surface area (Å²) in [6.07, 6.45) is -0.644. The maximum absolute atomic E-state index is 11.7. The summed E-state index contributed by atoms with van der Waals surface area (Å²) >= 11 is 0. The summed E-state index contributed by atoms with van der Waals surface area (Å²) in [6.45, 7) is 7.00. The highest BCUT2D eigenvalue weighted by atomic mass is 16.6. The Morgan fingerprint density at radius 3 is 1.89 bits per heavy atom. The molecule has 0 aromatic heterocycles. The van der Waals surface area contributed by atoms with E-state index in [9.17, 15) is 20.2 Å². The second kappa shape index (κ2) is 7.76. The number of benzene rings is 2. The lowest BCUT2D eigenvalue weighted by atomic mass is 9.73. The number of nitro benzene ring substituents is 2. The van der Waals surface area contributed by atoms with Gasteiger partial charge in [-0.2, -0.15) is 0 Å². The van der Waals surface area contributed by atoms with E-state index in [2.05, 4.69) is 0 Å². The number of nitrogens with zero attached hydrogens (tertiary/aromatic N) is 2. The quantitative estimate of drug-likeness (QED) is 0.323. The zero-order chi connectivity index (χ0) is 20.5. The van der Waals surface area contributed by atoms with Crippen LogP contribution in [0.1, 0.15) is 27.7 Å². The van der Waals surface area contributed by atoms with Crippen LogP contribution < -0.4 is 16.9 Å². The molecule has 144 valence electrons. The summed E-state index contributed by atoms with van der Waals surface area (Å²) in [5.41, 5.74) is 11.4. The minimum absolute atomic E-state index is 0.0423. The zero-order valence-corrected chi connectivity index (χ0v) is 15.5. The molecule has 0 spiro atoms. The molecule has 27 heavy (non-hydrogen) atoms. The fraction of sp³-hybridized carbons (Fsp3) is 0.375. The van der Waals surface area contributed by atoms with E-state index in [0.717, 1.165) is 6.07 Å². The first-order valence-electron chi connectivity index (χ1n) is 8.28. The van der Waals surface area contributed by atoms with Crippen molar-refractivity contribution in [3.63, 3.8) is 0 Å². The third-order valence-corrected chi connectivity index (χ3v) is 3.74. The summed E-state index contributed by atoms with van der Waals surface area (Å²) in [4.78, 5) is 21.7. The molecule has 0 aliphatic heterocycles. The van der Waals surface area contributed by atoms with Gasteiger partial charge in [0.05, 0.1) is 15.3 Å². The van der Waals surface area contributed by atoms with Gasteiger partial charge in [-0.3, -0.25) is 20.2 Å². The molecule has 10 nitrogen and oxygen atoms in total. The lowest BCUT2D eigenvalue weighted by molar-refractivity contribution is -0.384. The van der Waals surface area contributed by atoms with Crippen LogP contribution in [0.2, 0.25) is 0 Å². The summed E-state index contributed by atoms with van der Waals surface area (Å²) in [5.74, 6) is 0. The van der Waals surface area contributed by atoms with Gasteiger partial charge in [0.1, 0.15) is 0 Å². The number of nitrogens with two attached hydrogens (primary N) is 2. The third kappa shape index (κ3) is 4.26. The van der Waals surface area contributed by atoms with Gasteiger partial charge >= 0.3 is 7.12 Å². The van der Waals surface area contributed by atoms with E-state index in [1.54, 1.807) is 27.7 Å². The van der Waals surface area contributed by atoms with E-state index in [4.69, 9.17) is 20.8 Å². The molecule has 2 aromatic rings. The number of anilines is 2. The largest absolute Gasteiger partial charge is 0.501 e. The van der Waals surface area contributed by atoms with Gasteiger partial charge in [-0.05, 0) is 33.1 Å². The predicted octanol–water partition coefficient (Wildman–Crippen LogP) is 2.37. The number of nitrogen functional groups attached to an aromatic ring is 2. The van der Waals surface area contributed by atoms with Crippen LogP contribution >= 0.6 is 0 Å². The van der Waals surface area contributed by atoms with Crippen molar-refractivity contribution in [3.05, 3.63) is 38.4 Å². The second-order valence-electron chi connectivity index (χ2n) is 6.57. The van der Waals surface area contributed by atoms with Gasteiger partial charge in [0.2, 0.25) is 0 Å². The van der Waals surface area contributed by atoms with Crippen LogP contribution in [0.3, 0.4) is 0 Å². The van der Waals surface area contributed by atoms with Crippen molar-refractivity contribution in [3.8, 4) is 0 Å². The van der Waals surface area contributed by atoms with Gasteiger partial charge < -0.3 is 20.8 Å². The van der Waals surface area contributed by atoms with Gasteiger partial charge in [0.15, 0.2) is 0 Å². The van der Waals surface area contributed by atoms with Crippen molar-refractivity contribution in [2.75, 3.05) is 11.5 Å². The van der Waals surface area contributed by atoms with Crippen LogP contribution in [0.5, 0.6) is 0 Å². The molecular weight excluding hydrogens is 355 g/mol. The van der Waals surface area contributed by atoms with E-state index in [0.29, 0.717) is 0 Å². The number of hydrogen-bond acceptors (Lipinski definition) is 8. The van der Waals surface area contributed by atoms with E-state index in [1.807, 2.05) is 0 Å². The van der Waals surface area contributed by atoms with Crippen LogP contribution in [0, 0.1) is 20.2 Å². The molecule has 2 rings (SSSR count). The van der Waals surface area contributed by atoms with E-state index in [-0.39, 0.29) is 51.2 Å². The average Bonchev–Trinajstić information content (AvgIpc) is 2.52. The maximum Gasteiger partial charge on any atom is 0.501 e. The van der Waals surface area contributed by atoms with E-state index in [1.165, 1.54) is 12.1 Å². The molecule has 0 aliphatic carbocycles. The Labute approximate surface area is 155 Å². The number of hydrogen-bond donors (Lipinski definition) is 2. The van der Waals surface area contributed by atoms with Gasteiger partial charge in [0, 0.05) is 47.2 Å². The topological polar surface area (TPSA) is 157 Å². The molecule has 0 radical (unpaired) electrons. The summed E-state index contributed by atoms with van der Waals surface area (Å²) < 4.78 is 11.5. The van der Waals surface area contributed by atoms with Crippen LogP contribution in [0.25, 0.3) is 10.8 Å². The molecule has 0 atom stereocenters. The molecule has 0 saturated carbocycles. The summed E-state index contributed by atoms with van der Waals surface area (Å²) in [5, 5.41) is 23.4. The molecular formula is C16H21BN4O6. The first kappa shape index (κ1) is 20.4. The van der Waals surface area contributed by atoms with Crippen LogP contribution in [-0.4, -0.2) is 29.2 Å². The molecule has 0 saturated heterocycles. The van der Waals surface area contributed by atoms with Crippen molar-refractivity contribution in [2.45, 2.75) is 39.9 Å². The fourth-order valence-corrected chi connectivity index (χ4v) is 2.79. The zero-order valence-electron chi connectivity index (χ0n) is 15.5. The predicted molar refractivity (Wildman–Crippen MR) is 104 cm³/mol. The molecule has 0 bridgehead atoms. The van der Waals surface area contributed by atoms with Gasteiger partial charge in [-0.25, -0.2) is 0 Å². The van der Waals surface area contributed by atoms with Crippen molar-refractivity contribution in [1.29, 1.82) is 0 Å². The van der Waals surface area contributed by atoms with Crippen molar-refractivity contribution < 1.29 is 19.2 Å². The number of nitro groups is 2. The molecule has 0 aliphatic rings. The number of non-ortho nitro benzene ring substituents is 1. The molecule has 0 unspecified atom stereocenters. The first-order valence-corrected chi connectivity index (χ1v) is 8.28. The minimum Gasteiger partial charge on any atom is -0.405 e. The van der Waals surface area contributed by atoms with Gasteiger partial charge in [0.25, 0.3) is 11.4 Å². The molecule has 0 heterocycles. The van der Waals surface area contributed by atoms with Crippen LogP contribution in [0.4, 0.5) is 22.7 Å². The van der Waals surface area contributed by atoms with Crippen molar-refractivity contribution in [1.82, 2.24) is 0 Å². The Bertz CT molecular complexity index is 884. The van der Waals surface area contributed by atoms with Crippen LogP contribution in [-0.2, 0) is 9.31 Å². The lowest BCUT2D eigenvalue weighted by Crippen LogP contribution is -2.42. The Balaban J connectivity index is 2.94. The lowest BCUT2D eigenvalue weighted by Gasteiger charge is -2.21. The Hall–Kier alpha value is -2.92. The number of rotatable bonds is 7. The van der Waals surface area contributed by atoms with E-state index < -0.39 is 17.0 Å². The molecule has 4 N–H and O–H groups in total. The van der Waals surface area contributed by atoms with Crippen LogP contribution in [0.15, 0.2) is 18.2 Å². The smallest absolute Gasteiger partial charge is 0.405 e. The minimum atomic E-state index is -1.13. The third-order valence-electron chi connectivity index (χ3n) is 3.74. The van der Waals surface area contributed by atoms with Gasteiger partial charge in [-0.1, -0.05) is 0 Å². The molecule has 11 heteroatoms. The Morgan fingerprint density at radius 1 is 0.926 bits per heavy atom. The highest BCUT2D eigenvalue weighted by molar-refractivity contribution is 6.66. The molecule has 2 aromatic carbocycles. The van der Waals surface area contributed by atoms with Crippen molar-refractivity contribution >= 4 is 46.1 Å². The molecule has 0 amide bonds. The fourth-order valence-electron chi connectivity index (χ4n) is 2.79. The standard InChI is InChI=1S/C16H21BN4O6/c1-8(2)26-17(27-9(3)4)16-11-5-10(20(22)23)6-12(18)15(11)13(19)7-14(16)21(24)25/h5-9H,18-19H2,1-4H3. The molecule has 0 fully saturated rings. The van der Waals surface area contributed by atoms with Gasteiger partial charge in [-0.15, -0.1) is 0 Å². The Kier molecular flexibility index (Phi) is 5.86. The highest BCUT2D eigenvalue weighted by Crippen LogP contribution is 2.34. The number of fused-ring (bicyclic) bond motifs is 1. The monoisotopic (exact) mass is 376 g/mol. The Morgan fingerprint density at radius 2 is 1.44 bits per heavy atom. The summed E-state index contributed by atoms with van der Waals surface area (Å²) in [7, 11) is -1.13.